The van der Waals surface area contributed by atoms with Crippen molar-refractivity contribution in [2.45, 2.75) is 45.2 Å². The van der Waals surface area contributed by atoms with Gasteiger partial charge in [-0.3, -0.25) is 9.97 Å². The lowest BCUT2D eigenvalue weighted by Crippen LogP contribution is -2.34. The Balaban J connectivity index is 3.09. The number of sulfonamides is 1. The summed E-state index contributed by atoms with van der Waals surface area (Å²) < 4.78 is 28.5. The largest absolute Gasteiger partial charge is 0.368 e. The van der Waals surface area contributed by atoms with Crippen LogP contribution in [-0.4, -0.2) is 29.7 Å². The number of hydrogen-bond donors (Lipinski definition) is 1. The van der Waals surface area contributed by atoms with Crippen LogP contribution < -0.4 is 5.14 Å². The average molecular weight is 273 g/mol. The topological polar surface area (TPSA) is 95.2 Å². The molecule has 6 nitrogen and oxygen atoms in total. The molecule has 0 fully saturated rings. The van der Waals surface area contributed by atoms with Gasteiger partial charge in [0.05, 0.1) is 23.7 Å². The molecule has 102 valence electrons. The van der Waals surface area contributed by atoms with E-state index in [4.69, 9.17) is 9.88 Å². The number of nitrogens with two attached hydrogens (primary N) is 1. The van der Waals surface area contributed by atoms with E-state index in [0.717, 1.165) is 5.69 Å². The minimum atomic E-state index is -3.70. The second-order valence-corrected chi connectivity index (χ2v) is 6.40. The first-order valence-corrected chi connectivity index (χ1v) is 7.28. The molecule has 1 aromatic rings. The van der Waals surface area contributed by atoms with Crippen molar-refractivity contribution in [3.63, 3.8) is 0 Å². The molecule has 0 saturated heterocycles. The van der Waals surface area contributed by atoms with Crippen molar-refractivity contribution in [2.75, 3.05) is 0 Å². The van der Waals surface area contributed by atoms with Gasteiger partial charge in [-0.15, -0.1) is 0 Å². The molecular weight excluding hydrogens is 254 g/mol. The molecule has 0 radical (unpaired) electrons. The van der Waals surface area contributed by atoms with Gasteiger partial charge in [0.15, 0.2) is 0 Å². The van der Waals surface area contributed by atoms with E-state index in [-0.39, 0.29) is 6.10 Å². The zero-order chi connectivity index (χ0) is 13.9. The second kappa shape index (κ2) is 5.73. The first-order chi connectivity index (χ1) is 8.21. The van der Waals surface area contributed by atoms with Gasteiger partial charge < -0.3 is 4.74 Å². The van der Waals surface area contributed by atoms with E-state index in [2.05, 4.69) is 9.97 Å². The molecule has 0 bridgehead atoms. The standard InChI is InChI=1S/C11H19N3O3S/c1-7(2)17-11(9(4)18(12,15)16)10-6-13-8(3)5-14-10/h5-7,9,11H,1-4H3,(H2,12,15,16)/t9-,11+/m0/s1. The van der Waals surface area contributed by atoms with Gasteiger partial charge in [0.2, 0.25) is 10.0 Å². The number of primary sulfonamides is 1. The van der Waals surface area contributed by atoms with Gasteiger partial charge in [0, 0.05) is 6.20 Å². The number of rotatable bonds is 5. The summed E-state index contributed by atoms with van der Waals surface area (Å²) in [7, 11) is -3.70. The molecule has 0 spiro atoms. The Bertz CT molecular complexity index is 485. The molecule has 1 rings (SSSR count). The molecule has 0 aromatic carbocycles. The van der Waals surface area contributed by atoms with Crippen molar-refractivity contribution >= 4 is 10.0 Å². The first kappa shape index (κ1) is 15.0. The lowest BCUT2D eigenvalue weighted by Gasteiger charge is -2.24. The fourth-order valence-electron chi connectivity index (χ4n) is 1.44. The predicted molar refractivity (Wildman–Crippen MR) is 68.3 cm³/mol. The van der Waals surface area contributed by atoms with E-state index in [1.54, 1.807) is 13.1 Å². The zero-order valence-corrected chi connectivity index (χ0v) is 11.8. The highest BCUT2D eigenvalue weighted by Crippen LogP contribution is 2.24. The second-order valence-electron chi connectivity index (χ2n) is 4.48. The molecule has 0 aliphatic rings. The van der Waals surface area contributed by atoms with Crippen LogP contribution in [0, 0.1) is 6.92 Å². The number of aromatic nitrogens is 2. The van der Waals surface area contributed by atoms with Gasteiger partial charge in [0.25, 0.3) is 0 Å². The molecular formula is C11H19N3O3S. The van der Waals surface area contributed by atoms with Crippen LogP contribution in [0.3, 0.4) is 0 Å². The van der Waals surface area contributed by atoms with Crippen molar-refractivity contribution in [3.8, 4) is 0 Å². The molecule has 1 aromatic heterocycles. The summed E-state index contributed by atoms with van der Waals surface area (Å²) in [6.45, 7) is 6.96. The molecule has 7 heteroatoms. The van der Waals surface area contributed by atoms with Gasteiger partial charge in [-0.25, -0.2) is 13.6 Å². The summed E-state index contributed by atoms with van der Waals surface area (Å²) in [5.74, 6) is 0. The van der Waals surface area contributed by atoms with Crippen LogP contribution in [-0.2, 0) is 14.8 Å². The Hall–Kier alpha value is -1.05. The van der Waals surface area contributed by atoms with Crippen LogP contribution in [0.4, 0.5) is 0 Å². The van der Waals surface area contributed by atoms with Gasteiger partial charge in [-0.05, 0) is 27.7 Å². The molecule has 18 heavy (non-hydrogen) atoms. The van der Waals surface area contributed by atoms with Crippen molar-refractivity contribution in [3.05, 3.63) is 23.8 Å². The first-order valence-electron chi connectivity index (χ1n) is 5.67. The maximum absolute atomic E-state index is 11.4. The lowest BCUT2D eigenvalue weighted by molar-refractivity contribution is 0.00386. The van der Waals surface area contributed by atoms with Crippen molar-refractivity contribution in [1.29, 1.82) is 0 Å². The molecule has 0 aliphatic heterocycles. The molecule has 2 N–H and O–H groups in total. The Morgan fingerprint density at radius 2 is 1.83 bits per heavy atom. The van der Waals surface area contributed by atoms with E-state index >= 15 is 0 Å². The SMILES string of the molecule is Cc1cnc([C@H](OC(C)C)[C@H](C)S(N)(=O)=O)cn1. The minimum Gasteiger partial charge on any atom is -0.368 e. The van der Waals surface area contributed by atoms with E-state index in [1.165, 1.54) is 13.1 Å². The molecule has 2 atom stereocenters. The molecule has 1 heterocycles. The normalized spacial score (nSPS) is 15.7. The minimum absolute atomic E-state index is 0.137. The third kappa shape index (κ3) is 4.01. The average Bonchev–Trinajstić information content (AvgIpc) is 2.25. The third-order valence-electron chi connectivity index (χ3n) is 2.46. The number of nitrogens with zero attached hydrogens (tertiary/aromatic N) is 2. The summed E-state index contributed by atoms with van der Waals surface area (Å²) >= 11 is 0. The van der Waals surface area contributed by atoms with Crippen LogP contribution in [0.2, 0.25) is 0 Å². The van der Waals surface area contributed by atoms with Gasteiger partial charge >= 0.3 is 0 Å². The highest BCUT2D eigenvalue weighted by molar-refractivity contribution is 7.89. The van der Waals surface area contributed by atoms with Crippen LogP contribution in [0.1, 0.15) is 38.3 Å². The molecule has 0 unspecified atom stereocenters. The van der Waals surface area contributed by atoms with Crippen molar-refractivity contribution < 1.29 is 13.2 Å². The lowest BCUT2D eigenvalue weighted by atomic mass is 10.2. The maximum atomic E-state index is 11.4. The summed E-state index contributed by atoms with van der Waals surface area (Å²) in [4.78, 5) is 8.25. The molecule has 0 saturated carbocycles. The number of hydrogen-bond acceptors (Lipinski definition) is 5. The molecule has 0 aliphatic carbocycles. The fraction of sp³-hybridized carbons (Fsp3) is 0.636. The van der Waals surface area contributed by atoms with Crippen molar-refractivity contribution in [2.24, 2.45) is 5.14 Å². The van der Waals surface area contributed by atoms with Crippen LogP contribution in [0.5, 0.6) is 0 Å². The summed E-state index contributed by atoms with van der Waals surface area (Å²) in [5.41, 5.74) is 1.22. The van der Waals surface area contributed by atoms with E-state index < -0.39 is 21.4 Å². The van der Waals surface area contributed by atoms with Crippen LogP contribution in [0.25, 0.3) is 0 Å². The van der Waals surface area contributed by atoms with Crippen LogP contribution >= 0.6 is 0 Å². The number of ether oxygens (including phenoxy) is 1. The Kier molecular flexibility index (Phi) is 4.78. The smallest absolute Gasteiger partial charge is 0.214 e. The Morgan fingerprint density at radius 1 is 1.22 bits per heavy atom. The highest BCUT2D eigenvalue weighted by atomic mass is 32.2. The quantitative estimate of drug-likeness (QED) is 0.861. The Labute approximate surface area is 108 Å². The molecule has 0 amide bonds. The van der Waals surface area contributed by atoms with Gasteiger partial charge in [0.1, 0.15) is 11.4 Å². The summed E-state index contributed by atoms with van der Waals surface area (Å²) in [5, 5.41) is 4.29. The predicted octanol–water partition coefficient (Wildman–Crippen LogP) is 0.928. The maximum Gasteiger partial charge on any atom is 0.214 e. The summed E-state index contributed by atoms with van der Waals surface area (Å²) in [6, 6.07) is 0. The van der Waals surface area contributed by atoms with Crippen LogP contribution in [0.15, 0.2) is 12.4 Å². The van der Waals surface area contributed by atoms with E-state index in [0.29, 0.717) is 5.69 Å². The van der Waals surface area contributed by atoms with E-state index in [9.17, 15) is 8.42 Å². The van der Waals surface area contributed by atoms with Gasteiger partial charge in [-0.2, -0.15) is 0 Å². The monoisotopic (exact) mass is 273 g/mol. The Morgan fingerprint density at radius 3 is 2.22 bits per heavy atom. The fourth-order valence-corrected chi connectivity index (χ4v) is 1.98. The summed E-state index contributed by atoms with van der Waals surface area (Å²) in [6.07, 6.45) is 2.24. The van der Waals surface area contributed by atoms with Gasteiger partial charge in [-0.1, -0.05) is 0 Å². The highest BCUT2D eigenvalue weighted by Gasteiger charge is 2.30. The number of aryl methyl sites for hydroxylation is 1. The van der Waals surface area contributed by atoms with E-state index in [1.807, 2.05) is 13.8 Å². The third-order valence-corrected chi connectivity index (χ3v) is 3.74. The van der Waals surface area contributed by atoms with Crippen molar-refractivity contribution in [1.82, 2.24) is 9.97 Å². The zero-order valence-electron chi connectivity index (χ0n) is 11.0.